The molecule has 0 aromatic carbocycles. The lowest BCUT2D eigenvalue weighted by Crippen LogP contribution is -2.52. The van der Waals surface area contributed by atoms with Gasteiger partial charge in [0, 0.05) is 31.0 Å². The molecule has 1 N–H and O–H groups in total. The van der Waals surface area contributed by atoms with Crippen molar-refractivity contribution in [1.82, 2.24) is 10.2 Å². The van der Waals surface area contributed by atoms with Crippen LogP contribution in [0.2, 0.25) is 0 Å². The molecule has 3 fully saturated rings. The molecule has 4 atom stereocenters. The van der Waals surface area contributed by atoms with Crippen molar-refractivity contribution in [3.05, 3.63) is 0 Å². The molecule has 3 rings (SSSR count). The summed E-state index contributed by atoms with van der Waals surface area (Å²) in [5, 5.41) is 3.09. The van der Waals surface area contributed by atoms with Gasteiger partial charge in [-0.2, -0.15) is 0 Å². The van der Waals surface area contributed by atoms with Crippen molar-refractivity contribution in [3.8, 4) is 0 Å². The van der Waals surface area contributed by atoms with E-state index in [0.29, 0.717) is 18.4 Å². The highest BCUT2D eigenvalue weighted by Gasteiger charge is 2.44. The second-order valence-electron chi connectivity index (χ2n) is 7.57. The first-order chi connectivity index (χ1) is 10.0. The molecule has 1 heterocycles. The molecule has 0 aromatic heterocycles. The average molecular weight is 292 g/mol. The van der Waals surface area contributed by atoms with Crippen LogP contribution in [0.4, 0.5) is 0 Å². The fourth-order valence-electron chi connectivity index (χ4n) is 4.44. The van der Waals surface area contributed by atoms with E-state index in [1.165, 1.54) is 19.3 Å². The predicted molar refractivity (Wildman–Crippen MR) is 81.5 cm³/mol. The SMILES string of the molecule is CC(C)C(=O)N[C@@H]1CCCN(C(=O)[C@H]2C[C@H]3CC[C@H]2C3)C1. The number of nitrogens with one attached hydrogen (secondary N) is 1. The number of amides is 2. The number of likely N-dealkylation sites (tertiary alicyclic amines) is 1. The lowest BCUT2D eigenvalue weighted by Gasteiger charge is -2.36. The lowest BCUT2D eigenvalue weighted by atomic mass is 9.87. The second-order valence-corrected chi connectivity index (χ2v) is 7.57. The molecule has 2 aliphatic carbocycles. The Morgan fingerprint density at radius 1 is 1.14 bits per heavy atom. The minimum absolute atomic E-state index is 0.0154. The number of rotatable bonds is 3. The van der Waals surface area contributed by atoms with Crippen LogP contribution in [0.15, 0.2) is 0 Å². The molecule has 2 amide bonds. The van der Waals surface area contributed by atoms with Crippen LogP contribution >= 0.6 is 0 Å². The number of carbonyl (C=O) groups is 2. The van der Waals surface area contributed by atoms with E-state index in [2.05, 4.69) is 5.32 Å². The van der Waals surface area contributed by atoms with Crippen LogP contribution in [-0.4, -0.2) is 35.8 Å². The zero-order valence-corrected chi connectivity index (χ0v) is 13.3. The van der Waals surface area contributed by atoms with Crippen molar-refractivity contribution in [2.75, 3.05) is 13.1 Å². The Labute approximate surface area is 127 Å². The molecular formula is C17H28N2O2. The maximum atomic E-state index is 12.8. The molecule has 0 radical (unpaired) electrons. The highest BCUT2D eigenvalue weighted by atomic mass is 16.2. The summed E-state index contributed by atoms with van der Waals surface area (Å²) in [6.45, 7) is 5.42. The van der Waals surface area contributed by atoms with E-state index in [0.717, 1.165) is 31.7 Å². The number of fused-ring (bicyclic) bond motifs is 2. The Kier molecular flexibility index (Phi) is 4.23. The Hall–Kier alpha value is -1.06. The maximum absolute atomic E-state index is 12.8. The van der Waals surface area contributed by atoms with E-state index in [1.807, 2.05) is 18.7 Å². The van der Waals surface area contributed by atoms with Crippen molar-refractivity contribution < 1.29 is 9.59 Å². The molecule has 0 unspecified atom stereocenters. The Morgan fingerprint density at radius 3 is 2.57 bits per heavy atom. The highest BCUT2D eigenvalue weighted by Crippen LogP contribution is 2.49. The van der Waals surface area contributed by atoms with Gasteiger partial charge in [-0.15, -0.1) is 0 Å². The van der Waals surface area contributed by atoms with Crippen molar-refractivity contribution in [3.63, 3.8) is 0 Å². The minimum atomic E-state index is 0.0154. The van der Waals surface area contributed by atoms with Crippen LogP contribution in [0, 0.1) is 23.7 Å². The highest BCUT2D eigenvalue weighted by molar-refractivity contribution is 5.80. The van der Waals surface area contributed by atoms with Gasteiger partial charge >= 0.3 is 0 Å². The molecule has 0 aromatic rings. The third-order valence-corrected chi connectivity index (χ3v) is 5.66. The van der Waals surface area contributed by atoms with Crippen LogP contribution in [0.3, 0.4) is 0 Å². The fourth-order valence-corrected chi connectivity index (χ4v) is 4.44. The van der Waals surface area contributed by atoms with Crippen molar-refractivity contribution in [2.45, 2.75) is 58.4 Å². The third kappa shape index (κ3) is 3.09. The number of hydrogen-bond acceptors (Lipinski definition) is 2. The van der Waals surface area contributed by atoms with E-state index in [4.69, 9.17) is 0 Å². The molecule has 2 saturated carbocycles. The molecule has 2 bridgehead atoms. The van der Waals surface area contributed by atoms with Gasteiger partial charge in [0.15, 0.2) is 0 Å². The van der Waals surface area contributed by atoms with Gasteiger partial charge in [-0.05, 0) is 43.9 Å². The van der Waals surface area contributed by atoms with E-state index in [1.54, 1.807) is 0 Å². The molecule has 4 heteroatoms. The summed E-state index contributed by atoms with van der Waals surface area (Å²) in [7, 11) is 0. The summed E-state index contributed by atoms with van der Waals surface area (Å²) in [4.78, 5) is 26.6. The van der Waals surface area contributed by atoms with Crippen molar-refractivity contribution >= 4 is 11.8 Å². The van der Waals surface area contributed by atoms with Gasteiger partial charge in [0.25, 0.3) is 0 Å². The zero-order chi connectivity index (χ0) is 15.0. The Morgan fingerprint density at radius 2 is 1.95 bits per heavy atom. The van der Waals surface area contributed by atoms with Crippen LogP contribution in [0.25, 0.3) is 0 Å². The van der Waals surface area contributed by atoms with Crippen LogP contribution in [0.5, 0.6) is 0 Å². The van der Waals surface area contributed by atoms with Crippen LogP contribution in [-0.2, 0) is 9.59 Å². The van der Waals surface area contributed by atoms with Gasteiger partial charge in [-0.3, -0.25) is 9.59 Å². The van der Waals surface area contributed by atoms with E-state index >= 15 is 0 Å². The summed E-state index contributed by atoms with van der Waals surface area (Å²) in [6.07, 6.45) is 6.99. The van der Waals surface area contributed by atoms with E-state index < -0.39 is 0 Å². The van der Waals surface area contributed by atoms with E-state index in [9.17, 15) is 9.59 Å². The smallest absolute Gasteiger partial charge is 0.226 e. The summed E-state index contributed by atoms with van der Waals surface area (Å²) in [5.74, 6) is 2.23. The second kappa shape index (κ2) is 5.98. The molecular weight excluding hydrogens is 264 g/mol. The van der Waals surface area contributed by atoms with Crippen LogP contribution < -0.4 is 5.32 Å². The molecule has 0 spiro atoms. The van der Waals surface area contributed by atoms with Gasteiger partial charge in [-0.25, -0.2) is 0 Å². The number of nitrogens with zero attached hydrogens (tertiary/aromatic N) is 1. The topological polar surface area (TPSA) is 49.4 Å². The minimum Gasteiger partial charge on any atom is -0.351 e. The zero-order valence-electron chi connectivity index (χ0n) is 13.3. The third-order valence-electron chi connectivity index (χ3n) is 5.66. The molecule has 1 aliphatic heterocycles. The first kappa shape index (κ1) is 14.9. The van der Waals surface area contributed by atoms with Gasteiger partial charge in [0.05, 0.1) is 0 Å². The standard InChI is InChI=1S/C17H28N2O2/c1-11(2)16(20)18-14-4-3-7-19(10-14)17(21)15-9-12-5-6-13(15)8-12/h11-15H,3-10H2,1-2H3,(H,18,20)/t12-,13-,14+,15-/m0/s1. The fraction of sp³-hybridized carbons (Fsp3) is 0.882. The quantitative estimate of drug-likeness (QED) is 0.867. The van der Waals surface area contributed by atoms with Crippen molar-refractivity contribution in [2.24, 2.45) is 23.7 Å². The maximum Gasteiger partial charge on any atom is 0.226 e. The summed E-state index contributed by atoms with van der Waals surface area (Å²) in [5.41, 5.74) is 0. The Balaban J connectivity index is 1.56. The summed E-state index contributed by atoms with van der Waals surface area (Å²) >= 11 is 0. The average Bonchev–Trinajstić information content (AvgIpc) is 3.09. The lowest BCUT2D eigenvalue weighted by molar-refractivity contribution is -0.139. The molecule has 21 heavy (non-hydrogen) atoms. The molecule has 118 valence electrons. The molecule has 4 nitrogen and oxygen atoms in total. The Bertz CT molecular complexity index is 421. The van der Waals surface area contributed by atoms with Crippen LogP contribution in [0.1, 0.15) is 52.4 Å². The monoisotopic (exact) mass is 292 g/mol. The normalized spacial score (nSPS) is 35.3. The number of piperidine rings is 1. The van der Waals surface area contributed by atoms with Crippen molar-refractivity contribution in [1.29, 1.82) is 0 Å². The largest absolute Gasteiger partial charge is 0.351 e. The predicted octanol–water partition coefficient (Wildman–Crippen LogP) is 2.19. The number of carbonyl (C=O) groups excluding carboxylic acids is 2. The van der Waals surface area contributed by atoms with Gasteiger partial charge in [0.1, 0.15) is 0 Å². The summed E-state index contributed by atoms with van der Waals surface area (Å²) < 4.78 is 0. The molecule has 1 saturated heterocycles. The van der Waals surface area contributed by atoms with Gasteiger partial charge in [-0.1, -0.05) is 20.3 Å². The van der Waals surface area contributed by atoms with E-state index in [-0.39, 0.29) is 23.8 Å². The number of hydrogen-bond donors (Lipinski definition) is 1. The first-order valence-electron chi connectivity index (χ1n) is 8.63. The van der Waals surface area contributed by atoms with Gasteiger partial charge in [0.2, 0.25) is 11.8 Å². The first-order valence-corrected chi connectivity index (χ1v) is 8.63. The summed E-state index contributed by atoms with van der Waals surface area (Å²) in [6, 6.07) is 0.149. The molecule has 3 aliphatic rings. The van der Waals surface area contributed by atoms with Gasteiger partial charge < -0.3 is 10.2 Å².